The van der Waals surface area contributed by atoms with Gasteiger partial charge in [0.2, 0.25) is 0 Å². The Morgan fingerprint density at radius 2 is 0.939 bits per heavy atom. The van der Waals surface area contributed by atoms with Gasteiger partial charge in [-0.05, 0) is 150 Å². The van der Waals surface area contributed by atoms with Crippen LogP contribution in [0.1, 0.15) is 68.9 Å². The molecule has 342 valence electrons. The van der Waals surface area contributed by atoms with E-state index in [4.69, 9.17) is 9.47 Å². The highest BCUT2D eigenvalue weighted by Crippen LogP contribution is 2.42. The summed E-state index contributed by atoms with van der Waals surface area (Å²) in [5, 5.41) is 13.3. The number of carbonyl (C=O) groups excluding carboxylic acids is 4. The molecule has 0 bridgehead atoms. The summed E-state index contributed by atoms with van der Waals surface area (Å²) in [6.07, 6.45) is 4.50. The van der Waals surface area contributed by atoms with Crippen molar-refractivity contribution in [1.82, 2.24) is 39.5 Å². The van der Waals surface area contributed by atoms with Crippen LogP contribution in [0.4, 0.5) is 0 Å². The minimum absolute atomic E-state index is 0.126. The van der Waals surface area contributed by atoms with Crippen molar-refractivity contribution in [2.75, 3.05) is 54.4 Å². The first kappa shape index (κ1) is 45.7. The molecule has 66 heavy (non-hydrogen) atoms. The Hall–Kier alpha value is -6.90. The lowest BCUT2D eigenvalue weighted by atomic mass is 9.94. The molecular formula is C52H58N8O6. The maximum atomic E-state index is 13.4. The Kier molecular flexibility index (Phi) is 12.8. The van der Waals surface area contributed by atoms with Crippen molar-refractivity contribution in [3.8, 4) is 11.5 Å². The molecule has 0 aliphatic carbocycles. The zero-order valence-corrected chi connectivity index (χ0v) is 39.6. The Morgan fingerprint density at radius 3 is 1.32 bits per heavy atom. The van der Waals surface area contributed by atoms with E-state index in [1.54, 1.807) is 24.5 Å². The summed E-state index contributed by atoms with van der Waals surface area (Å²) < 4.78 is 16.0. The molecule has 2 N–H and O–H groups in total. The van der Waals surface area contributed by atoms with Gasteiger partial charge in [-0.25, -0.2) is 0 Å². The number of unbranched alkanes of at least 4 members (excludes halogenated alkanes) is 1. The summed E-state index contributed by atoms with van der Waals surface area (Å²) in [5.74, 6) is -0.398. The fourth-order valence-corrected chi connectivity index (χ4v) is 9.63. The first-order valence-electron chi connectivity index (χ1n) is 22.4. The van der Waals surface area contributed by atoms with E-state index < -0.39 is 11.9 Å². The molecule has 0 atom stereocenters. The van der Waals surface area contributed by atoms with Crippen LogP contribution in [0.3, 0.4) is 0 Å². The fourth-order valence-electron chi connectivity index (χ4n) is 9.63. The van der Waals surface area contributed by atoms with Crippen LogP contribution in [-0.2, 0) is 23.7 Å². The Morgan fingerprint density at radius 1 is 0.545 bits per heavy atom. The molecule has 4 aromatic heterocycles. The van der Waals surface area contributed by atoms with E-state index in [-0.39, 0.29) is 24.7 Å². The Labute approximate surface area is 383 Å². The molecule has 0 unspecified atom stereocenters. The van der Waals surface area contributed by atoms with E-state index in [9.17, 15) is 19.2 Å². The number of pyridine rings is 2. The van der Waals surface area contributed by atoms with Gasteiger partial charge in [-0.3, -0.25) is 29.1 Å². The average Bonchev–Trinajstić information content (AvgIpc) is 3.75. The standard InChI is InChI=1S/C52H58N8O6/c1-29-35-19-21-53-47(51(63)55-23-25-57(5)6)43(35)31(3)45-37-27-33(15-17-39(37)59(9)49(29)45)65-41(61)13-11-12-14-42(62)66-34-16-18-40-38(28-34)46-32(4)44-36(30(2)50(46)60(40)10)20-22-54-48(44)52(64)56-24-26-58(7)8/h15-22,27-28H,11-14,23-26H2,1-10H3,(H,55,63)(H,56,64). The molecule has 4 aromatic carbocycles. The minimum Gasteiger partial charge on any atom is -0.427 e. The van der Waals surface area contributed by atoms with E-state index in [0.717, 1.165) is 87.4 Å². The van der Waals surface area contributed by atoms with Crippen molar-refractivity contribution in [3.05, 3.63) is 94.6 Å². The van der Waals surface area contributed by atoms with Gasteiger partial charge < -0.3 is 39.0 Å². The van der Waals surface area contributed by atoms with Gasteiger partial charge in [0.15, 0.2) is 0 Å². The van der Waals surface area contributed by atoms with Crippen molar-refractivity contribution in [2.45, 2.75) is 53.4 Å². The zero-order chi connectivity index (χ0) is 47.1. The van der Waals surface area contributed by atoms with Crippen molar-refractivity contribution in [3.63, 3.8) is 0 Å². The van der Waals surface area contributed by atoms with Crippen LogP contribution in [0.2, 0.25) is 0 Å². The number of amides is 2. The largest absolute Gasteiger partial charge is 0.427 e. The van der Waals surface area contributed by atoms with Gasteiger partial charge in [0.25, 0.3) is 11.8 Å². The van der Waals surface area contributed by atoms with Gasteiger partial charge in [0.05, 0.1) is 11.0 Å². The molecule has 0 saturated heterocycles. The molecule has 14 heteroatoms. The van der Waals surface area contributed by atoms with Crippen LogP contribution in [-0.4, -0.2) is 107 Å². The number of likely N-dealkylation sites (N-methyl/N-ethyl adjacent to an activating group) is 2. The predicted octanol–water partition coefficient (Wildman–Crippen LogP) is 7.96. The molecule has 0 spiro atoms. The van der Waals surface area contributed by atoms with E-state index in [1.165, 1.54) is 0 Å². The normalized spacial score (nSPS) is 11.9. The monoisotopic (exact) mass is 890 g/mol. The van der Waals surface area contributed by atoms with E-state index in [0.29, 0.717) is 61.9 Å². The summed E-state index contributed by atoms with van der Waals surface area (Å²) in [4.78, 5) is 66.2. The topological polar surface area (TPSA) is 153 Å². The van der Waals surface area contributed by atoms with Gasteiger partial charge >= 0.3 is 11.9 Å². The molecular weight excluding hydrogens is 833 g/mol. The van der Waals surface area contributed by atoms with E-state index in [1.807, 2.05) is 102 Å². The molecule has 8 aromatic rings. The molecule has 0 aliphatic rings. The quantitative estimate of drug-likeness (QED) is 0.0589. The smallest absolute Gasteiger partial charge is 0.311 e. The molecule has 8 rings (SSSR count). The van der Waals surface area contributed by atoms with E-state index >= 15 is 0 Å². The highest BCUT2D eigenvalue weighted by Gasteiger charge is 2.24. The second kappa shape index (κ2) is 18.5. The van der Waals surface area contributed by atoms with Crippen LogP contribution in [0, 0.1) is 27.7 Å². The highest BCUT2D eigenvalue weighted by atomic mass is 16.5. The van der Waals surface area contributed by atoms with Crippen LogP contribution >= 0.6 is 0 Å². The lowest BCUT2D eigenvalue weighted by Gasteiger charge is -2.15. The number of carbonyl (C=O) groups is 4. The maximum Gasteiger partial charge on any atom is 0.311 e. The van der Waals surface area contributed by atoms with Gasteiger partial charge in [-0.2, -0.15) is 0 Å². The zero-order valence-electron chi connectivity index (χ0n) is 39.6. The minimum atomic E-state index is -0.397. The third-order valence-electron chi connectivity index (χ3n) is 12.9. The van der Waals surface area contributed by atoms with E-state index in [2.05, 4.69) is 43.6 Å². The Balaban J connectivity index is 0.947. The number of aromatic nitrogens is 4. The molecule has 0 saturated carbocycles. The average molecular weight is 891 g/mol. The maximum absolute atomic E-state index is 13.4. The number of rotatable bonds is 15. The van der Waals surface area contributed by atoms with Gasteiger partial charge in [-0.15, -0.1) is 0 Å². The molecule has 0 radical (unpaired) electrons. The summed E-state index contributed by atoms with van der Waals surface area (Å²) in [5.41, 5.74) is 8.69. The second-order valence-electron chi connectivity index (χ2n) is 17.9. The van der Waals surface area contributed by atoms with Crippen LogP contribution in [0.5, 0.6) is 11.5 Å². The SMILES string of the molecule is Cc1c2c(C(=O)NCCN(C)C)nccc2c(C)c2c1c1cc(OC(=O)CCCCC(=O)Oc3ccc4c(c3)c3c(C)c5c(C(=O)NCCN(C)C)nccc5c(C)c3n4C)ccc1n2C. The number of aryl methyl sites for hydroxylation is 6. The van der Waals surface area contributed by atoms with Crippen LogP contribution in [0.15, 0.2) is 60.9 Å². The molecule has 2 amide bonds. The summed E-state index contributed by atoms with van der Waals surface area (Å²) >= 11 is 0. The summed E-state index contributed by atoms with van der Waals surface area (Å²) in [7, 11) is 11.9. The number of nitrogens with zero attached hydrogens (tertiary/aromatic N) is 6. The van der Waals surface area contributed by atoms with Crippen molar-refractivity contribution < 1.29 is 28.7 Å². The first-order chi connectivity index (χ1) is 31.6. The fraction of sp³-hybridized carbons (Fsp3) is 0.346. The number of fused-ring (bicyclic) bond motifs is 8. The summed E-state index contributed by atoms with van der Waals surface area (Å²) in [6.45, 7) is 10.6. The van der Waals surface area contributed by atoms with Gasteiger partial charge in [0, 0.05) is 109 Å². The predicted molar refractivity (Wildman–Crippen MR) is 262 cm³/mol. The summed E-state index contributed by atoms with van der Waals surface area (Å²) in [6, 6.07) is 15.2. The number of ether oxygens (including phenoxy) is 2. The van der Waals surface area contributed by atoms with Crippen LogP contribution in [0.25, 0.3) is 65.2 Å². The van der Waals surface area contributed by atoms with Crippen molar-refractivity contribution in [1.29, 1.82) is 0 Å². The van der Waals surface area contributed by atoms with Crippen molar-refractivity contribution in [2.24, 2.45) is 14.1 Å². The van der Waals surface area contributed by atoms with Gasteiger partial charge in [0.1, 0.15) is 22.9 Å². The molecule has 0 aliphatic heterocycles. The molecule has 14 nitrogen and oxygen atoms in total. The lowest BCUT2D eigenvalue weighted by Crippen LogP contribution is -2.32. The number of hydrogen-bond donors (Lipinski definition) is 2. The number of hydrogen-bond acceptors (Lipinski definition) is 10. The van der Waals surface area contributed by atoms with Gasteiger partial charge in [-0.1, -0.05) is 0 Å². The first-order valence-corrected chi connectivity index (χ1v) is 22.4. The second-order valence-corrected chi connectivity index (χ2v) is 17.9. The number of benzene rings is 4. The van der Waals surface area contributed by atoms with Crippen LogP contribution < -0.4 is 20.1 Å². The van der Waals surface area contributed by atoms with Crippen molar-refractivity contribution >= 4 is 88.9 Å². The highest BCUT2D eigenvalue weighted by molar-refractivity contribution is 6.21. The number of esters is 2. The molecule has 0 fully saturated rings. The lowest BCUT2D eigenvalue weighted by molar-refractivity contribution is -0.136. The number of nitrogens with one attached hydrogen (secondary N) is 2. The molecule has 4 heterocycles. The third-order valence-corrected chi connectivity index (χ3v) is 12.9. The third kappa shape index (κ3) is 8.42. The Bertz CT molecular complexity index is 3050.